The minimum atomic E-state index is -1.75. The number of ether oxygens (including phenoxy) is 2. The lowest BCUT2D eigenvalue weighted by molar-refractivity contribution is -0.280. The van der Waals surface area contributed by atoms with Gasteiger partial charge in [0.1, 0.15) is 24.9 Å². The zero-order valence-electron chi connectivity index (χ0n) is 8.39. The zero-order chi connectivity index (χ0) is 12.3. The maximum absolute atomic E-state index is 11.3. The van der Waals surface area contributed by atoms with Gasteiger partial charge in [-0.05, 0) is 0 Å². The number of carbonyl (C=O) groups excluding carboxylic acids is 1. The molecule has 0 aromatic rings. The minimum Gasteiger partial charge on any atom is -0.459 e. The highest BCUT2D eigenvalue weighted by Gasteiger charge is 2.46. The Bertz CT molecular complexity index is 267. The summed E-state index contributed by atoms with van der Waals surface area (Å²) in [4.78, 5) is 11.3. The van der Waals surface area contributed by atoms with Gasteiger partial charge in [0.25, 0.3) is 0 Å². The molecule has 7 nitrogen and oxygen atoms in total. The highest BCUT2D eigenvalue weighted by Crippen LogP contribution is 2.20. The van der Waals surface area contributed by atoms with Gasteiger partial charge >= 0.3 is 5.97 Å². The van der Waals surface area contributed by atoms with Crippen LogP contribution in [0.1, 0.15) is 0 Å². The molecule has 0 aromatic carbocycles. The summed E-state index contributed by atoms with van der Waals surface area (Å²) in [7, 11) is 0. The quantitative estimate of drug-likeness (QED) is 0.245. The summed E-state index contributed by atoms with van der Waals surface area (Å²) in [5, 5.41) is 37.0. The highest BCUT2D eigenvalue weighted by atomic mass is 16.8. The van der Waals surface area contributed by atoms with Crippen LogP contribution < -0.4 is 0 Å². The summed E-state index contributed by atoms with van der Waals surface area (Å²) in [6.07, 6.45) is -6.97. The van der Waals surface area contributed by atoms with Crippen LogP contribution in [0, 0.1) is 0 Å². The van der Waals surface area contributed by atoms with Crippen molar-refractivity contribution in [2.24, 2.45) is 0 Å². The van der Waals surface area contributed by atoms with Crippen molar-refractivity contribution in [3.63, 3.8) is 0 Å². The van der Waals surface area contributed by atoms with Crippen LogP contribution in [0.25, 0.3) is 0 Å². The van der Waals surface area contributed by atoms with Crippen molar-refractivity contribution in [2.75, 3.05) is 6.61 Å². The molecular weight excluding hydrogens is 226 g/mol. The van der Waals surface area contributed by atoms with E-state index in [1.165, 1.54) is 6.08 Å². The molecule has 0 bridgehead atoms. The summed E-state index contributed by atoms with van der Waals surface area (Å²) in [6.45, 7) is 3.24. The van der Waals surface area contributed by atoms with E-state index in [1.54, 1.807) is 0 Å². The standard InChI is InChI=1S/C9H14O7/c1-2-3-15-9(14)7-5(11)4(10)6(12)8(13)16-7/h2,4-8,10-13H,1,3H2/t4-,5-,6+,7-,8?/m0/s1/i4+1,5+1,6+1,7+1,8+1,9+1. The lowest BCUT2D eigenvalue weighted by Gasteiger charge is -2.36. The molecule has 1 aliphatic heterocycles. The lowest BCUT2D eigenvalue weighted by atomic mass is 10.7. The van der Waals surface area contributed by atoms with E-state index in [0.717, 1.165) is 0 Å². The Morgan fingerprint density at radius 3 is 2.44 bits per heavy atom. The van der Waals surface area contributed by atoms with Gasteiger partial charge in [-0.2, -0.15) is 0 Å². The molecule has 0 amide bonds. The van der Waals surface area contributed by atoms with Crippen LogP contribution in [0.2, 0.25) is 0 Å². The molecule has 0 aromatic heterocycles. The van der Waals surface area contributed by atoms with E-state index in [1.807, 2.05) is 0 Å². The topological polar surface area (TPSA) is 116 Å². The van der Waals surface area contributed by atoms with Crippen LogP contribution in [-0.4, -0.2) is 63.7 Å². The minimum absolute atomic E-state index is 0.0832. The third kappa shape index (κ3) is 2.57. The molecular formula is C9H14O7. The van der Waals surface area contributed by atoms with E-state index in [4.69, 9.17) is 10.2 Å². The van der Waals surface area contributed by atoms with Crippen molar-refractivity contribution in [1.82, 2.24) is 0 Å². The summed E-state index contributed by atoms with van der Waals surface area (Å²) >= 11 is 0. The molecule has 1 heterocycles. The Morgan fingerprint density at radius 2 is 1.88 bits per heavy atom. The summed E-state index contributed by atoms with van der Waals surface area (Å²) in [5.74, 6) is -0.947. The molecule has 1 saturated heterocycles. The fourth-order valence-electron chi connectivity index (χ4n) is 1.28. The monoisotopic (exact) mass is 240 g/mol. The largest absolute Gasteiger partial charge is 0.459 e. The summed E-state index contributed by atoms with van der Waals surface area (Å²) < 4.78 is 9.21. The summed E-state index contributed by atoms with van der Waals surface area (Å²) in [5.41, 5.74) is 0. The van der Waals surface area contributed by atoms with Crippen LogP contribution in [-0.2, 0) is 14.3 Å². The Kier molecular flexibility index (Phi) is 4.39. The van der Waals surface area contributed by atoms with Gasteiger partial charge in [0.2, 0.25) is 0 Å². The number of hydrogen-bond acceptors (Lipinski definition) is 7. The predicted molar refractivity (Wildman–Crippen MR) is 50.1 cm³/mol. The molecule has 7 heteroatoms. The van der Waals surface area contributed by atoms with E-state index in [2.05, 4.69) is 16.1 Å². The molecule has 1 unspecified atom stereocenters. The molecule has 0 aliphatic carbocycles. The Labute approximate surface area is 91.5 Å². The van der Waals surface area contributed by atoms with Crippen molar-refractivity contribution in [1.29, 1.82) is 0 Å². The third-order valence-electron chi connectivity index (χ3n) is 2.16. The van der Waals surface area contributed by atoms with Crippen LogP contribution in [0.4, 0.5) is 0 Å². The maximum Gasteiger partial charge on any atom is 0.338 e. The molecule has 1 fully saturated rings. The molecule has 1 aliphatic rings. The maximum atomic E-state index is 11.3. The van der Waals surface area contributed by atoms with Gasteiger partial charge in [-0.15, -0.1) is 0 Å². The number of esters is 1. The van der Waals surface area contributed by atoms with Crippen molar-refractivity contribution in [3.8, 4) is 0 Å². The Morgan fingerprint density at radius 1 is 1.25 bits per heavy atom. The van der Waals surface area contributed by atoms with Crippen molar-refractivity contribution < 1.29 is 34.7 Å². The van der Waals surface area contributed by atoms with Gasteiger partial charge in [0, 0.05) is 0 Å². The van der Waals surface area contributed by atoms with Crippen LogP contribution in [0.5, 0.6) is 0 Å². The Balaban J connectivity index is 2.66. The second-order valence-corrected chi connectivity index (χ2v) is 3.34. The van der Waals surface area contributed by atoms with Crippen molar-refractivity contribution in [3.05, 3.63) is 12.7 Å². The van der Waals surface area contributed by atoms with E-state index in [0.29, 0.717) is 0 Å². The van der Waals surface area contributed by atoms with Crippen LogP contribution in [0.15, 0.2) is 12.7 Å². The van der Waals surface area contributed by atoms with Gasteiger partial charge in [0.15, 0.2) is 12.4 Å². The SMILES string of the molecule is C=CCO[13C](=O)[13C@H]1O[13CH](O)[13C@H](O)[13C@@H](O)[13C@@H]1O. The first-order valence-corrected chi connectivity index (χ1v) is 4.64. The van der Waals surface area contributed by atoms with E-state index in [-0.39, 0.29) is 6.61 Å². The normalized spacial score (nSPS) is 39.1. The molecule has 0 saturated carbocycles. The smallest absolute Gasteiger partial charge is 0.338 e. The van der Waals surface area contributed by atoms with Gasteiger partial charge in [-0.3, -0.25) is 0 Å². The fraction of sp³-hybridized carbons (Fsp3) is 0.667. The predicted octanol–water partition coefficient (Wildman–Crippen LogP) is -2.48. The number of aliphatic hydroxyl groups excluding tert-OH is 4. The molecule has 4 N–H and O–H groups in total. The van der Waals surface area contributed by atoms with E-state index >= 15 is 0 Å². The van der Waals surface area contributed by atoms with E-state index in [9.17, 15) is 15.0 Å². The second kappa shape index (κ2) is 5.37. The third-order valence-corrected chi connectivity index (χ3v) is 2.16. The molecule has 92 valence electrons. The molecule has 5 atom stereocenters. The zero-order valence-corrected chi connectivity index (χ0v) is 8.39. The average molecular weight is 240 g/mol. The molecule has 0 spiro atoms. The molecule has 16 heavy (non-hydrogen) atoms. The van der Waals surface area contributed by atoms with Gasteiger partial charge in [-0.1, -0.05) is 12.7 Å². The summed E-state index contributed by atoms with van der Waals surface area (Å²) in [6, 6.07) is 0. The first-order chi connectivity index (χ1) is 7.49. The van der Waals surface area contributed by atoms with Crippen molar-refractivity contribution in [2.45, 2.75) is 30.7 Å². The number of aliphatic hydroxyl groups is 4. The number of hydrogen-bond donors (Lipinski definition) is 4. The van der Waals surface area contributed by atoms with Gasteiger partial charge in [-0.25, -0.2) is 4.79 Å². The van der Waals surface area contributed by atoms with Crippen LogP contribution in [0.3, 0.4) is 0 Å². The molecule has 1 rings (SSSR count). The Hall–Kier alpha value is -0.990. The first-order valence-electron chi connectivity index (χ1n) is 4.64. The second-order valence-electron chi connectivity index (χ2n) is 3.34. The fourth-order valence-corrected chi connectivity index (χ4v) is 1.28. The molecule has 0 radical (unpaired) electrons. The van der Waals surface area contributed by atoms with Crippen LogP contribution >= 0.6 is 0 Å². The van der Waals surface area contributed by atoms with Gasteiger partial charge in [0.05, 0.1) is 0 Å². The van der Waals surface area contributed by atoms with Gasteiger partial charge < -0.3 is 29.9 Å². The van der Waals surface area contributed by atoms with Crippen molar-refractivity contribution >= 4 is 5.97 Å². The highest BCUT2D eigenvalue weighted by molar-refractivity contribution is 5.75. The average Bonchev–Trinajstić information content (AvgIpc) is 2.28. The number of carbonyl (C=O) groups is 1. The number of rotatable bonds is 3. The van der Waals surface area contributed by atoms with E-state index < -0.39 is 36.7 Å². The first kappa shape index (κ1) is 13.1. The lowest BCUT2D eigenvalue weighted by Crippen LogP contribution is -2.59.